The van der Waals surface area contributed by atoms with Crippen molar-refractivity contribution in [1.29, 1.82) is 0 Å². The third kappa shape index (κ3) is 2.80. The SMILES string of the molecule is Clc1ccccc1CC(Br)c1ccc2c(c1)CCO2. The van der Waals surface area contributed by atoms with E-state index in [0.717, 1.165) is 30.2 Å². The first-order valence-corrected chi connectivity index (χ1v) is 7.66. The van der Waals surface area contributed by atoms with Crippen molar-refractivity contribution in [3.05, 3.63) is 64.2 Å². The molecule has 98 valence electrons. The van der Waals surface area contributed by atoms with Crippen LogP contribution in [0.15, 0.2) is 42.5 Å². The number of halogens is 2. The van der Waals surface area contributed by atoms with Crippen molar-refractivity contribution in [3.8, 4) is 5.75 Å². The predicted octanol–water partition coefficient (Wildman–Crippen LogP) is 4.95. The summed E-state index contributed by atoms with van der Waals surface area (Å²) in [6.45, 7) is 0.802. The lowest BCUT2D eigenvalue weighted by atomic mass is 10.0. The first-order valence-electron chi connectivity index (χ1n) is 6.37. The Labute approximate surface area is 126 Å². The van der Waals surface area contributed by atoms with Gasteiger partial charge in [-0.15, -0.1) is 0 Å². The molecule has 0 spiro atoms. The smallest absolute Gasteiger partial charge is 0.122 e. The van der Waals surface area contributed by atoms with Crippen molar-refractivity contribution in [3.63, 3.8) is 0 Å². The van der Waals surface area contributed by atoms with Crippen LogP contribution in [-0.2, 0) is 12.8 Å². The van der Waals surface area contributed by atoms with Gasteiger partial charge in [0.1, 0.15) is 5.75 Å². The monoisotopic (exact) mass is 336 g/mol. The van der Waals surface area contributed by atoms with Gasteiger partial charge in [-0.2, -0.15) is 0 Å². The standard InChI is InChI=1S/C16H14BrClO/c17-14(10-12-3-1-2-4-15(12)18)11-5-6-16-13(9-11)7-8-19-16/h1-6,9,14H,7-8,10H2. The third-order valence-electron chi connectivity index (χ3n) is 3.43. The molecular weight excluding hydrogens is 324 g/mol. The number of hydrogen-bond donors (Lipinski definition) is 0. The van der Waals surface area contributed by atoms with Gasteiger partial charge in [-0.05, 0) is 35.2 Å². The van der Waals surface area contributed by atoms with Crippen molar-refractivity contribution in [1.82, 2.24) is 0 Å². The molecule has 1 aliphatic rings. The number of fused-ring (bicyclic) bond motifs is 1. The summed E-state index contributed by atoms with van der Waals surface area (Å²) in [6, 6.07) is 14.4. The van der Waals surface area contributed by atoms with E-state index in [1.807, 2.05) is 18.2 Å². The normalized spacial score (nSPS) is 14.8. The highest BCUT2D eigenvalue weighted by atomic mass is 79.9. The van der Waals surface area contributed by atoms with Crippen molar-refractivity contribution < 1.29 is 4.74 Å². The van der Waals surface area contributed by atoms with Gasteiger partial charge in [0.25, 0.3) is 0 Å². The zero-order valence-corrected chi connectivity index (χ0v) is 12.7. The molecule has 1 heterocycles. The molecular formula is C16H14BrClO. The largest absolute Gasteiger partial charge is 0.493 e. The van der Waals surface area contributed by atoms with E-state index in [0.29, 0.717) is 0 Å². The lowest BCUT2D eigenvalue weighted by Gasteiger charge is -2.12. The van der Waals surface area contributed by atoms with Gasteiger partial charge in [0.2, 0.25) is 0 Å². The van der Waals surface area contributed by atoms with Crippen LogP contribution >= 0.6 is 27.5 Å². The molecule has 1 unspecified atom stereocenters. The van der Waals surface area contributed by atoms with E-state index in [4.69, 9.17) is 16.3 Å². The molecule has 0 aromatic heterocycles. The van der Waals surface area contributed by atoms with E-state index in [1.54, 1.807) is 0 Å². The Morgan fingerprint density at radius 2 is 2.05 bits per heavy atom. The van der Waals surface area contributed by atoms with E-state index in [-0.39, 0.29) is 4.83 Å². The maximum absolute atomic E-state index is 6.21. The average molecular weight is 338 g/mol. The molecule has 1 atom stereocenters. The highest BCUT2D eigenvalue weighted by Gasteiger charge is 2.16. The Morgan fingerprint density at radius 1 is 1.21 bits per heavy atom. The summed E-state index contributed by atoms with van der Waals surface area (Å²) >= 11 is 9.97. The van der Waals surface area contributed by atoms with Crippen LogP contribution in [-0.4, -0.2) is 6.61 Å². The zero-order chi connectivity index (χ0) is 13.2. The fraction of sp³-hybridized carbons (Fsp3) is 0.250. The molecule has 0 bridgehead atoms. The molecule has 2 aromatic carbocycles. The van der Waals surface area contributed by atoms with Gasteiger partial charge in [0.05, 0.1) is 6.61 Å². The molecule has 0 radical (unpaired) electrons. The van der Waals surface area contributed by atoms with E-state index in [2.05, 4.69) is 40.2 Å². The van der Waals surface area contributed by atoms with Gasteiger partial charge < -0.3 is 4.74 Å². The summed E-state index contributed by atoms with van der Waals surface area (Å²) in [5.74, 6) is 1.03. The van der Waals surface area contributed by atoms with Crippen molar-refractivity contribution in [2.45, 2.75) is 17.7 Å². The molecule has 0 N–H and O–H groups in total. The van der Waals surface area contributed by atoms with Crippen LogP contribution in [0.25, 0.3) is 0 Å². The van der Waals surface area contributed by atoms with E-state index in [1.165, 1.54) is 16.7 Å². The van der Waals surface area contributed by atoms with Crippen LogP contribution in [0.4, 0.5) is 0 Å². The summed E-state index contributed by atoms with van der Waals surface area (Å²) in [4.78, 5) is 0.276. The minimum absolute atomic E-state index is 0.276. The van der Waals surface area contributed by atoms with Crippen LogP contribution in [0.1, 0.15) is 21.5 Å². The maximum Gasteiger partial charge on any atom is 0.122 e. The summed E-state index contributed by atoms with van der Waals surface area (Å²) in [5, 5.41) is 0.830. The molecule has 3 rings (SSSR count). The van der Waals surface area contributed by atoms with Gasteiger partial charge >= 0.3 is 0 Å². The third-order valence-corrected chi connectivity index (χ3v) is 4.65. The summed E-state index contributed by atoms with van der Waals surface area (Å²) in [7, 11) is 0. The lowest BCUT2D eigenvalue weighted by Crippen LogP contribution is -1.97. The zero-order valence-electron chi connectivity index (χ0n) is 10.4. The second-order valence-electron chi connectivity index (χ2n) is 4.73. The summed E-state index contributed by atoms with van der Waals surface area (Å²) in [5.41, 5.74) is 3.76. The van der Waals surface area contributed by atoms with Gasteiger partial charge in [-0.3, -0.25) is 0 Å². The van der Waals surface area contributed by atoms with E-state index >= 15 is 0 Å². The first kappa shape index (κ1) is 13.0. The Hall–Kier alpha value is -0.990. The van der Waals surface area contributed by atoms with E-state index in [9.17, 15) is 0 Å². The molecule has 0 saturated heterocycles. The highest BCUT2D eigenvalue weighted by molar-refractivity contribution is 9.09. The quantitative estimate of drug-likeness (QED) is 0.720. The molecule has 3 heteroatoms. The second-order valence-corrected chi connectivity index (χ2v) is 6.24. The first-order chi connectivity index (χ1) is 9.24. The van der Waals surface area contributed by atoms with Crippen molar-refractivity contribution >= 4 is 27.5 Å². The fourth-order valence-electron chi connectivity index (χ4n) is 2.38. The number of ether oxygens (including phenoxy) is 1. The number of benzene rings is 2. The van der Waals surface area contributed by atoms with Crippen LogP contribution in [0.3, 0.4) is 0 Å². The van der Waals surface area contributed by atoms with Gasteiger partial charge in [-0.25, -0.2) is 0 Å². The van der Waals surface area contributed by atoms with Gasteiger partial charge in [0.15, 0.2) is 0 Å². The molecule has 0 aliphatic carbocycles. The Balaban J connectivity index is 1.81. The summed E-state index contributed by atoms with van der Waals surface area (Å²) < 4.78 is 5.53. The van der Waals surface area contributed by atoms with Gasteiger partial charge in [0, 0.05) is 16.3 Å². The Kier molecular flexibility index (Phi) is 3.81. The Morgan fingerprint density at radius 3 is 2.89 bits per heavy atom. The lowest BCUT2D eigenvalue weighted by molar-refractivity contribution is 0.357. The van der Waals surface area contributed by atoms with Crippen LogP contribution in [0.5, 0.6) is 5.75 Å². The van der Waals surface area contributed by atoms with Crippen molar-refractivity contribution in [2.24, 2.45) is 0 Å². The van der Waals surface area contributed by atoms with Crippen LogP contribution < -0.4 is 4.74 Å². The highest BCUT2D eigenvalue weighted by Crippen LogP contribution is 2.34. The second kappa shape index (κ2) is 5.56. The molecule has 1 nitrogen and oxygen atoms in total. The van der Waals surface area contributed by atoms with Crippen LogP contribution in [0.2, 0.25) is 5.02 Å². The molecule has 19 heavy (non-hydrogen) atoms. The minimum atomic E-state index is 0.276. The minimum Gasteiger partial charge on any atom is -0.493 e. The topological polar surface area (TPSA) is 9.23 Å². The number of alkyl halides is 1. The molecule has 0 saturated carbocycles. The fourth-order valence-corrected chi connectivity index (χ4v) is 3.22. The summed E-state index contributed by atoms with van der Waals surface area (Å²) in [6.07, 6.45) is 1.90. The molecule has 0 amide bonds. The number of hydrogen-bond acceptors (Lipinski definition) is 1. The average Bonchev–Trinajstić information content (AvgIpc) is 2.88. The predicted molar refractivity (Wildman–Crippen MR) is 82.5 cm³/mol. The molecule has 1 aliphatic heterocycles. The van der Waals surface area contributed by atoms with Crippen molar-refractivity contribution in [2.75, 3.05) is 6.61 Å². The van der Waals surface area contributed by atoms with E-state index < -0.39 is 0 Å². The maximum atomic E-state index is 6.21. The van der Waals surface area contributed by atoms with Crippen LogP contribution in [0, 0.1) is 0 Å². The molecule has 2 aromatic rings. The Bertz CT molecular complexity index is 597. The van der Waals surface area contributed by atoms with Gasteiger partial charge in [-0.1, -0.05) is 57.9 Å². The number of rotatable bonds is 3. The molecule has 0 fully saturated rings.